The van der Waals surface area contributed by atoms with E-state index >= 15 is 0 Å². The Labute approximate surface area is 135 Å². The van der Waals surface area contributed by atoms with Crippen LogP contribution in [-0.4, -0.2) is 27.4 Å². The summed E-state index contributed by atoms with van der Waals surface area (Å²) < 4.78 is 0. The van der Waals surface area contributed by atoms with Crippen LogP contribution in [0.1, 0.15) is 11.2 Å². The summed E-state index contributed by atoms with van der Waals surface area (Å²) in [6.07, 6.45) is -1.83. The molecule has 11 heavy (non-hydrogen) atoms. The first-order valence-corrected chi connectivity index (χ1v) is 1.58. The van der Waals surface area contributed by atoms with E-state index in [-0.39, 0.29) is 93.0 Å². The molecule has 0 amide bonds. The van der Waals surface area contributed by atoms with Gasteiger partial charge in [0.05, 0.1) is 0 Å². The number of hydrogen-bond acceptors (Lipinski definition) is 2. The van der Waals surface area contributed by atoms with E-state index in [0.717, 1.165) is 6.92 Å². The van der Waals surface area contributed by atoms with Crippen molar-refractivity contribution < 1.29 is 118 Å². The van der Waals surface area contributed by atoms with Crippen molar-refractivity contribution >= 4 is 12.1 Å². The van der Waals surface area contributed by atoms with Gasteiger partial charge in [-0.1, -0.05) is 0 Å². The van der Waals surface area contributed by atoms with E-state index in [1.54, 1.807) is 0 Å². The van der Waals surface area contributed by atoms with Crippen molar-refractivity contribution in [1.82, 2.24) is 0 Å². The number of rotatable bonds is 0. The summed E-state index contributed by atoms with van der Waals surface area (Å²) in [6, 6.07) is 0. The van der Waals surface area contributed by atoms with Crippen LogP contribution < -0.4 is 88.7 Å². The third kappa shape index (κ3) is 368. The SMILES string of the molecule is CC(=O)O.O=C(O)O.[H-].[H-].[H-].[Na+].[Na+].[Na+]. The van der Waals surface area contributed by atoms with Gasteiger partial charge in [0, 0.05) is 6.92 Å². The number of carbonyl (C=O) groups is 2. The standard InChI is InChI=1S/C2H4O2.CH2O3.3Na.3H/c1-2(3)4;2-1(3)4;;;;;;/h1H3,(H,3,4);(H2,2,3,4);;;;;;/q;;3*+1;3*-1. The fraction of sp³-hybridized carbons (Fsp3) is 0.333. The van der Waals surface area contributed by atoms with Crippen molar-refractivity contribution in [2.45, 2.75) is 6.92 Å². The molecule has 3 N–H and O–H groups in total. The molecule has 5 nitrogen and oxygen atoms in total. The van der Waals surface area contributed by atoms with Gasteiger partial charge in [0.25, 0.3) is 5.97 Å². The molecule has 0 heterocycles. The Morgan fingerprint density at radius 3 is 1.00 bits per heavy atom. The molecule has 8 heteroatoms. The van der Waals surface area contributed by atoms with Crippen LogP contribution in [-0.2, 0) is 4.79 Å². The molecule has 0 atom stereocenters. The Morgan fingerprint density at radius 1 is 1.00 bits per heavy atom. The molecule has 0 saturated heterocycles. The molecule has 0 saturated carbocycles. The van der Waals surface area contributed by atoms with Gasteiger partial charge >= 0.3 is 94.8 Å². The summed E-state index contributed by atoms with van der Waals surface area (Å²) >= 11 is 0. The van der Waals surface area contributed by atoms with Crippen LogP contribution in [0.2, 0.25) is 0 Å². The summed E-state index contributed by atoms with van der Waals surface area (Å²) in [6.45, 7) is 1.08. The van der Waals surface area contributed by atoms with Gasteiger partial charge in [-0.3, -0.25) is 4.79 Å². The van der Waals surface area contributed by atoms with Crippen LogP contribution in [0, 0.1) is 0 Å². The van der Waals surface area contributed by atoms with Gasteiger partial charge in [-0.25, -0.2) is 4.79 Å². The van der Waals surface area contributed by atoms with Gasteiger partial charge in [-0.15, -0.1) is 0 Å². The molecule has 0 unspecified atom stereocenters. The first-order valence-electron chi connectivity index (χ1n) is 1.58. The van der Waals surface area contributed by atoms with Gasteiger partial charge in [0.2, 0.25) is 0 Å². The Kier molecular flexibility index (Phi) is 60.2. The summed E-state index contributed by atoms with van der Waals surface area (Å²) in [7, 11) is 0. The van der Waals surface area contributed by atoms with E-state index < -0.39 is 12.1 Å². The van der Waals surface area contributed by atoms with Crippen LogP contribution in [0.5, 0.6) is 0 Å². The van der Waals surface area contributed by atoms with E-state index in [4.69, 9.17) is 24.9 Å². The molecule has 54 valence electrons. The summed E-state index contributed by atoms with van der Waals surface area (Å²) in [5.41, 5.74) is 0. The predicted octanol–water partition coefficient (Wildman–Crippen LogP) is -8.34. The van der Waals surface area contributed by atoms with E-state index in [0.29, 0.717) is 0 Å². The van der Waals surface area contributed by atoms with Crippen molar-refractivity contribution in [3.63, 3.8) is 0 Å². The Morgan fingerprint density at radius 2 is 1.00 bits per heavy atom. The molecule has 0 aliphatic rings. The third-order valence-corrected chi connectivity index (χ3v) is 0. The molecule has 0 bridgehead atoms. The van der Waals surface area contributed by atoms with Gasteiger partial charge in [0.15, 0.2) is 0 Å². The smallest absolute Gasteiger partial charge is 1.00 e. The van der Waals surface area contributed by atoms with Crippen molar-refractivity contribution in [1.29, 1.82) is 0 Å². The van der Waals surface area contributed by atoms with E-state index in [9.17, 15) is 0 Å². The first-order chi connectivity index (χ1) is 3.46. The molecule has 0 aromatic heterocycles. The molecule has 0 aliphatic carbocycles. The van der Waals surface area contributed by atoms with Crippen LogP contribution >= 0.6 is 0 Å². The topological polar surface area (TPSA) is 94.8 Å². The maximum Gasteiger partial charge on any atom is 1.00 e. The summed E-state index contributed by atoms with van der Waals surface area (Å²) in [4.78, 5) is 17.6. The van der Waals surface area contributed by atoms with Gasteiger partial charge in [-0.2, -0.15) is 0 Å². The minimum Gasteiger partial charge on any atom is -1.00 e. The largest absolute Gasteiger partial charge is 1.00 e. The summed E-state index contributed by atoms with van der Waals surface area (Å²) in [5.74, 6) is -0.833. The molecule has 0 spiro atoms. The zero-order valence-corrected chi connectivity index (χ0v) is 13.2. The first kappa shape index (κ1) is 29.3. The number of carboxylic acid groups (broad SMARTS) is 3. The monoisotopic (exact) mass is 194 g/mol. The molecular formula is C3H9Na3O5. The quantitative estimate of drug-likeness (QED) is 0.333. The minimum absolute atomic E-state index is 0. The van der Waals surface area contributed by atoms with Crippen LogP contribution in [0.25, 0.3) is 0 Å². The fourth-order valence-electron chi connectivity index (χ4n) is 0. The third-order valence-electron chi connectivity index (χ3n) is 0. The second kappa shape index (κ2) is 22.6. The molecule has 0 fully saturated rings. The van der Waals surface area contributed by atoms with Crippen molar-refractivity contribution in [3.05, 3.63) is 0 Å². The molecular weight excluding hydrogens is 185 g/mol. The molecule has 0 aromatic rings. The fourth-order valence-corrected chi connectivity index (χ4v) is 0. The van der Waals surface area contributed by atoms with Crippen LogP contribution in [0.3, 0.4) is 0 Å². The Balaban J connectivity index is -0.00000000600. The number of hydrogen-bond donors (Lipinski definition) is 3. The van der Waals surface area contributed by atoms with Crippen LogP contribution in [0.15, 0.2) is 0 Å². The Bertz CT molecular complexity index is 85.5. The maximum absolute atomic E-state index is 9.00. The summed E-state index contributed by atoms with van der Waals surface area (Å²) in [5, 5.41) is 21.4. The van der Waals surface area contributed by atoms with E-state index in [2.05, 4.69) is 0 Å². The molecule has 0 aromatic carbocycles. The average molecular weight is 194 g/mol. The molecule has 0 aliphatic heterocycles. The second-order valence-corrected chi connectivity index (χ2v) is 0.802. The van der Waals surface area contributed by atoms with Crippen molar-refractivity contribution in [2.75, 3.05) is 0 Å². The van der Waals surface area contributed by atoms with Crippen molar-refractivity contribution in [3.8, 4) is 0 Å². The maximum atomic E-state index is 9.00. The Hall–Kier alpha value is 1.74. The van der Waals surface area contributed by atoms with Gasteiger partial charge in [-0.05, 0) is 0 Å². The molecule has 0 radical (unpaired) electrons. The van der Waals surface area contributed by atoms with Crippen LogP contribution in [0.4, 0.5) is 4.79 Å². The van der Waals surface area contributed by atoms with E-state index in [1.807, 2.05) is 0 Å². The average Bonchev–Trinajstić information content (AvgIpc) is 1.25. The normalized spacial score (nSPS) is 4.45. The predicted molar refractivity (Wildman–Crippen MR) is 27.3 cm³/mol. The van der Waals surface area contributed by atoms with Crippen molar-refractivity contribution in [2.24, 2.45) is 0 Å². The van der Waals surface area contributed by atoms with E-state index in [1.165, 1.54) is 0 Å². The van der Waals surface area contributed by atoms with Gasteiger partial charge in [0.1, 0.15) is 0 Å². The number of carboxylic acids is 1. The number of aliphatic carboxylic acids is 1. The molecule has 0 rings (SSSR count). The van der Waals surface area contributed by atoms with Gasteiger partial charge < -0.3 is 19.6 Å². The zero-order chi connectivity index (χ0) is 7.15. The second-order valence-electron chi connectivity index (χ2n) is 0.802. The zero-order valence-electron chi connectivity index (χ0n) is 10.2. The minimum atomic E-state index is -1.83.